The van der Waals surface area contributed by atoms with Crippen molar-refractivity contribution in [1.82, 2.24) is 9.80 Å². The quantitative estimate of drug-likeness (QED) is 0.567. The highest BCUT2D eigenvalue weighted by Crippen LogP contribution is 2.28. The highest BCUT2D eigenvalue weighted by atomic mass is 19.1. The minimum atomic E-state index is -1.40. The number of hydrogen-bond acceptors (Lipinski definition) is 6. The Bertz CT molecular complexity index is 911. The molecule has 1 fully saturated rings. The lowest BCUT2D eigenvalue weighted by molar-refractivity contribution is -0.162. The molecule has 0 aromatic heterocycles. The predicted octanol–water partition coefficient (Wildman–Crippen LogP) is 0.0208. The van der Waals surface area contributed by atoms with E-state index >= 15 is 0 Å². The third kappa shape index (κ3) is 4.81. The number of primary amides is 1. The van der Waals surface area contributed by atoms with Crippen molar-refractivity contribution in [1.29, 1.82) is 0 Å². The molecule has 1 saturated heterocycles. The van der Waals surface area contributed by atoms with Gasteiger partial charge in [0.25, 0.3) is 0 Å². The zero-order chi connectivity index (χ0) is 22.4. The average molecular weight is 421 g/mol. The number of carbonyl (C=O) groups is 4. The first-order valence-corrected chi connectivity index (χ1v) is 8.68. The molecule has 3 rings (SSSR count). The zero-order valence-corrected chi connectivity index (χ0v) is 15.9. The Kier molecular flexibility index (Phi) is 7.26. The van der Waals surface area contributed by atoms with Crippen LogP contribution in [0.3, 0.4) is 0 Å². The predicted molar refractivity (Wildman–Crippen MR) is 100 cm³/mol. The molecule has 160 valence electrons. The first kappa shape index (κ1) is 22.6. The molecule has 2 aliphatic rings. The molecule has 30 heavy (non-hydrogen) atoms. The number of fused-ring (bicyclic) bond motifs is 1. The normalized spacial score (nSPS) is 18.0. The van der Waals surface area contributed by atoms with Gasteiger partial charge in [0.05, 0.1) is 12.3 Å². The smallest absolute Gasteiger partial charge is 0.332 e. The molecule has 4 N–H and O–H groups in total. The Labute approximate surface area is 170 Å². The molecule has 0 saturated carbocycles. The second-order valence-electron chi connectivity index (χ2n) is 6.19. The van der Waals surface area contributed by atoms with Gasteiger partial charge in [-0.15, -0.1) is 0 Å². The van der Waals surface area contributed by atoms with E-state index in [2.05, 4.69) is 0 Å². The minimum Gasteiger partial charge on any atom is -0.506 e. The number of carboxylic acids is 1. The number of rotatable bonds is 5. The van der Waals surface area contributed by atoms with Crippen LogP contribution in [0.1, 0.15) is 10.4 Å². The van der Waals surface area contributed by atoms with Crippen LogP contribution in [0.25, 0.3) is 0 Å². The Morgan fingerprint density at radius 3 is 2.40 bits per heavy atom. The molecule has 0 spiro atoms. The fourth-order valence-corrected chi connectivity index (χ4v) is 2.86. The van der Waals surface area contributed by atoms with Gasteiger partial charge in [-0.1, -0.05) is 6.08 Å². The van der Waals surface area contributed by atoms with E-state index in [9.17, 15) is 33.8 Å². The Morgan fingerprint density at radius 1 is 1.23 bits per heavy atom. The summed E-state index contributed by atoms with van der Waals surface area (Å²) in [6, 6.07) is 3.68. The van der Waals surface area contributed by atoms with Crippen molar-refractivity contribution in [2.45, 2.75) is 6.04 Å². The summed E-state index contributed by atoms with van der Waals surface area (Å²) < 4.78 is 17.0. The number of aliphatic hydroxyl groups is 1. The number of aliphatic hydroxyl groups excluding tert-OH is 1. The van der Waals surface area contributed by atoms with Crippen LogP contribution >= 0.6 is 0 Å². The number of aliphatic carboxylic acids is 1. The summed E-state index contributed by atoms with van der Waals surface area (Å²) in [6.07, 6.45) is 2.80. The SMILES string of the molecule is COCCN1C(=O)C(=O)N2CC=CC(O)=C2C1C(=O)O.NC(=O)c1ccc(F)cc1. The monoisotopic (exact) mass is 421 g/mol. The van der Waals surface area contributed by atoms with Crippen molar-refractivity contribution < 1.29 is 38.5 Å². The topological polar surface area (TPSA) is 150 Å². The van der Waals surface area contributed by atoms with Crippen LogP contribution in [0.5, 0.6) is 0 Å². The number of halogens is 1. The van der Waals surface area contributed by atoms with Crippen LogP contribution < -0.4 is 5.73 Å². The van der Waals surface area contributed by atoms with Gasteiger partial charge in [0, 0.05) is 25.8 Å². The van der Waals surface area contributed by atoms with E-state index in [1.54, 1.807) is 0 Å². The van der Waals surface area contributed by atoms with E-state index in [1.165, 1.54) is 43.5 Å². The van der Waals surface area contributed by atoms with Gasteiger partial charge in [-0.2, -0.15) is 0 Å². The lowest BCUT2D eigenvalue weighted by Crippen LogP contribution is -2.61. The molecule has 2 heterocycles. The van der Waals surface area contributed by atoms with Gasteiger partial charge in [-0.3, -0.25) is 19.3 Å². The van der Waals surface area contributed by atoms with E-state index in [1.807, 2.05) is 0 Å². The number of carbonyl (C=O) groups excluding carboxylic acids is 3. The van der Waals surface area contributed by atoms with Crippen molar-refractivity contribution in [2.75, 3.05) is 26.8 Å². The van der Waals surface area contributed by atoms with E-state index in [-0.39, 0.29) is 37.0 Å². The van der Waals surface area contributed by atoms with Gasteiger partial charge in [-0.25, -0.2) is 9.18 Å². The van der Waals surface area contributed by atoms with E-state index < -0.39 is 29.7 Å². The summed E-state index contributed by atoms with van der Waals surface area (Å²) in [7, 11) is 1.40. The minimum absolute atomic E-state index is 0.0492. The Morgan fingerprint density at radius 2 is 1.87 bits per heavy atom. The van der Waals surface area contributed by atoms with Crippen molar-refractivity contribution in [3.05, 3.63) is 59.3 Å². The first-order valence-electron chi connectivity index (χ1n) is 8.68. The number of allylic oxidation sites excluding steroid dienone is 1. The largest absolute Gasteiger partial charge is 0.506 e. The summed E-state index contributed by atoms with van der Waals surface area (Å²) in [5.41, 5.74) is 5.14. The molecular formula is C19H20FN3O7. The van der Waals surface area contributed by atoms with Crippen LogP contribution in [-0.2, 0) is 19.1 Å². The number of hydrogen-bond donors (Lipinski definition) is 3. The van der Waals surface area contributed by atoms with E-state index in [0.717, 1.165) is 9.80 Å². The molecule has 1 unspecified atom stereocenters. The van der Waals surface area contributed by atoms with Gasteiger partial charge in [0.15, 0.2) is 6.04 Å². The standard InChI is InChI=1S/C12H14N2O6.C7H6FNO/c1-20-6-5-14-9(12(18)19)8-7(15)3-2-4-13(8)10(16)11(14)17;8-6-3-1-5(2-4-6)7(9)10/h2-3,9,15H,4-6H2,1H3,(H,18,19);1-4H,(H2,9,10). The van der Waals surface area contributed by atoms with Crippen molar-refractivity contribution in [2.24, 2.45) is 5.73 Å². The molecule has 1 aromatic rings. The molecule has 1 aromatic carbocycles. The van der Waals surface area contributed by atoms with Gasteiger partial charge in [0.1, 0.15) is 11.6 Å². The van der Waals surface area contributed by atoms with Gasteiger partial charge in [-0.05, 0) is 30.3 Å². The number of nitrogens with zero attached hydrogens (tertiary/aromatic N) is 2. The molecule has 0 bridgehead atoms. The van der Waals surface area contributed by atoms with E-state index in [0.29, 0.717) is 5.56 Å². The Hall–Kier alpha value is -3.73. The summed E-state index contributed by atoms with van der Waals surface area (Å²) in [4.78, 5) is 47.7. The molecule has 0 radical (unpaired) electrons. The van der Waals surface area contributed by atoms with Crippen molar-refractivity contribution in [3.63, 3.8) is 0 Å². The second kappa shape index (κ2) is 9.65. The average Bonchev–Trinajstić information content (AvgIpc) is 2.70. The summed E-state index contributed by atoms with van der Waals surface area (Å²) in [6.45, 7) is 0.102. The number of piperazine rings is 1. The maximum atomic E-state index is 12.2. The van der Waals surface area contributed by atoms with Crippen LogP contribution in [0.4, 0.5) is 4.39 Å². The maximum Gasteiger partial charge on any atom is 0.332 e. The summed E-state index contributed by atoms with van der Waals surface area (Å²) in [5.74, 6) is -4.33. The maximum absolute atomic E-state index is 12.2. The fraction of sp³-hybridized carbons (Fsp3) is 0.263. The number of benzene rings is 1. The van der Waals surface area contributed by atoms with E-state index in [4.69, 9.17) is 10.5 Å². The molecule has 3 amide bonds. The first-order chi connectivity index (χ1) is 14.2. The highest BCUT2D eigenvalue weighted by Gasteiger charge is 2.47. The Balaban J connectivity index is 0.000000269. The van der Waals surface area contributed by atoms with Gasteiger partial charge >= 0.3 is 17.8 Å². The lowest BCUT2D eigenvalue weighted by Gasteiger charge is -2.41. The number of amides is 3. The lowest BCUT2D eigenvalue weighted by atomic mass is 10.0. The molecule has 11 heteroatoms. The summed E-state index contributed by atoms with van der Waals surface area (Å²) in [5, 5.41) is 19.2. The molecule has 2 aliphatic heterocycles. The number of ether oxygens (including phenoxy) is 1. The molecular weight excluding hydrogens is 401 g/mol. The van der Waals surface area contributed by atoms with Crippen LogP contribution in [0.15, 0.2) is 47.9 Å². The number of nitrogens with two attached hydrogens (primary N) is 1. The van der Waals surface area contributed by atoms with Crippen molar-refractivity contribution in [3.8, 4) is 0 Å². The third-order valence-electron chi connectivity index (χ3n) is 4.28. The number of methoxy groups -OCH3 is 1. The van der Waals surface area contributed by atoms with Gasteiger partial charge < -0.3 is 25.6 Å². The zero-order valence-electron chi connectivity index (χ0n) is 15.9. The van der Waals surface area contributed by atoms with Gasteiger partial charge in [0.2, 0.25) is 5.91 Å². The summed E-state index contributed by atoms with van der Waals surface area (Å²) >= 11 is 0. The van der Waals surface area contributed by atoms with Crippen LogP contribution in [0, 0.1) is 5.82 Å². The highest BCUT2D eigenvalue weighted by molar-refractivity contribution is 6.37. The van der Waals surface area contributed by atoms with Crippen LogP contribution in [0.2, 0.25) is 0 Å². The molecule has 1 atom stereocenters. The fourth-order valence-electron chi connectivity index (χ4n) is 2.86. The second-order valence-corrected chi connectivity index (χ2v) is 6.19. The van der Waals surface area contributed by atoms with Crippen molar-refractivity contribution >= 4 is 23.7 Å². The molecule has 0 aliphatic carbocycles. The third-order valence-corrected chi connectivity index (χ3v) is 4.28. The number of carboxylic acid groups (broad SMARTS) is 1. The van der Waals surface area contributed by atoms with Crippen LogP contribution in [-0.4, -0.2) is 76.6 Å². The molecule has 10 nitrogen and oxygen atoms in total.